The number of rotatable bonds is 15. The molecule has 2 unspecified atom stereocenters. The maximum Gasteiger partial charge on any atom is 0.305 e. The Morgan fingerprint density at radius 3 is 2.29 bits per heavy atom. The summed E-state index contributed by atoms with van der Waals surface area (Å²) in [6, 6.07) is -1.10. The monoisotopic (exact) mass is 449 g/mol. The zero-order valence-electron chi connectivity index (χ0n) is 18.6. The number of carbonyl (C=O) groups excluding carboxylic acids is 2. The van der Waals surface area contributed by atoms with E-state index in [9.17, 15) is 30.0 Å². The quantitative estimate of drug-likeness (QED) is 0.171. The van der Waals surface area contributed by atoms with Gasteiger partial charge in [0.05, 0.1) is 13.2 Å². The first-order valence-corrected chi connectivity index (χ1v) is 11.1. The molecular weight excluding hydrogens is 410 g/mol. The van der Waals surface area contributed by atoms with Crippen molar-refractivity contribution in [3.63, 3.8) is 0 Å². The Kier molecular flexibility index (Phi) is 13.9. The van der Waals surface area contributed by atoms with E-state index in [0.29, 0.717) is 6.42 Å². The molecule has 0 bridgehead atoms. The summed E-state index contributed by atoms with van der Waals surface area (Å²) in [5, 5.41) is 41.9. The molecule has 0 saturated carbocycles. The van der Waals surface area contributed by atoms with Gasteiger partial charge in [0.2, 0.25) is 5.91 Å². The van der Waals surface area contributed by atoms with Crippen LogP contribution in [-0.2, 0) is 23.8 Å². The van der Waals surface area contributed by atoms with Gasteiger partial charge in [0.15, 0.2) is 6.29 Å². The van der Waals surface area contributed by atoms with Crippen molar-refractivity contribution in [2.45, 2.75) is 102 Å². The summed E-state index contributed by atoms with van der Waals surface area (Å²) in [5.41, 5.74) is 0. The predicted molar refractivity (Wildman–Crippen MR) is 111 cm³/mol. The third-order valence-electron chi connectivity index (χ3n) is 5.12. The van der Waals surface area contributed by atoms with Gasteiger partial charge in [-0.15, -0.1) is 0 Å². The largest absolute Gasteiger partial charge is 0.463 e. The lowest BCUT2D eigenvalue weighted by Crippen LogP contribution is -2.64. The summed E-state index contributed by atoms with van der Waals surface area (Å²) in [4.78, 5) is 23.2. The molecular formula is C21H39NO9. The number of ether oxygens (including phenoxy) is 3. The number of unbranched alkanes of at least 4 members (excludes halogenated alkanes) is 6. The van der Waals surface area contributed by atoms with Crippen molar-refractivity contribution < 1.29 is 44.2 Å². The van der Waals surface area contributed by atoms with Gasteiger partial charge >= 0.3 is 5.97 Å². The fourth-order valence-electron chi connectivity index (χ4n) is 3.35. The van der Waals surface area contributed by atoms with Crippen molar-refractivity contribution in [3.8, 4) is 0 Å². The minimum Gasteiger partial charge on any atom is -0.463 e. The number of esters is 1. The molecule has 0 spiro atoms. The van der Waals surface area contributed by atoms with E-state index in [2.05, 4.69) is 12.2 Å². The average Bonchev–Trinajstić information content (AvgIpc) is 2.74. The van der Waals surface area contributed by atoms with Crippen molar-refractivity contribution in [2.75, 3.05) is 19.8 Å². The summed E-state index contributed by atoms with van der Waals surface area (Å²) in [5.74, 6) is -0.868. The third kappa shape index (κ3) is 10.7. The van der Waals surface area contributed by atoms with Crippen LogP contribution in [0.5, 0.6) is 0 Å². The molecule has 5 N–H and O–H groups in total. The highest BCUT2D eigenvalue weighted by Gasteiger charge is 2.45. The molecule has 1 fully saturated rings. The number of amides is 1. The van der Waals surface area contributed by atoms with Crippen LogP contribution in [0.3, 0.4) is 0 Å². The van der Waals surface area contributed by atoms with Crippen LogP contribution in [-0.4, -0.2) is 88.9 Å². The van der Waals surface area contributed by atoms with E-state index in [1.165, 1.54) is 32.6 Å². The molecule has 31 heavy (non-hydrogen) atoms. The molecule has 0 radical (unpaired) electrons. The minimum absolute atomic E-state index is 0.262. The summed E-state index contributed by atoms with van der Waals surface area (Å²) in [6.45, 7) is 2.27. The molecule has 0 aromatic rings. The van der Waals surface area contributed by atoms with Crippen LogP contribution in [0.25, 0.3) is 0 Å². The summed E-state index contributed by atoms with van der Waals surface area (Å²) < 4.78 is 15.9. The highest BCUT2D eigenvalue weighted by Crippen LogP contribution is 2.22. The van der Waals surface area contributed by atoms with Crippen molar-refractivity contribution in [2.24, 2.45) is 0 Å². The fraction of sp³-hybridized carbons (Fsp3) is 0.905. The predicted octanol–water partition coefficient (Wildman–Crippen LogP) is -0.00850. The summed E-state index contributed by atoms with van der Waals surface area (Å²) >= 11 is 0. The van der Waals surface area contributed by atoms with Gasteiger partial charge in [-0.1, -0.05) is 45.4 Å². The standard InChI is InChI=1S/C21H39NO9/c1-3-4-5-6-7-8-9-10-17(26)29-12-15(25)13-30-21-18(22-14(2)24)20(28)19(27)16(11-23)31-21/h15-16,18-21,23,25,27-28H,3-13H2,1-2H3,(H,22,24)/t15?,16?,18-,19+,20+,21+/m0/s1. The molecule has 0 aromatic carbocycles. The third-order valence-corrected chi connectivity index (χ3v) is 5.12. The van der Waals surface area contributed by atoms with Crippen molar-refractivity contribution >= 4 is 11.9 Å². The number of hydrogen-bond acceptors (Lipinski definition) is 9. The molecule has 182 valence electrons. The van der Waals surface area contributed by atoms with Crippen molar-refractivity contribution in [3.05, 3.63) is 0 Å². The lowest BCUT2D eigenvalue weighted by Gasteiger charge is -2.42. The second-order valence-corrected chi connectivity index (χ2v) is 7.97. The van der Waals surface area contributed by atoms with E-state index >= 15 is 0 Å². The normalized spacial score (nSPS) is 27.0. The highest BCUT2D eigenvalue weighted by atomic mass is 16.7. The molecule has 10 heteroatoms. The zero-order valence-corrected chi connectivity index (χ0v) is 18.6. The van der Waals surface area contributed by atoms with Gasteiger partial charge in [0.25, 0.3) is 0 Å². The number of hydrogen-bond donors (Lipinski definition) is 5. The molecule has 1 rings (SSSR count). The fourth-order valence-corrected chi connectivity index (χ4v) is 3.35. The molecule has 1 saturated heterocycles. The number of aliphatic hydroxyl groups is 4. The van der Waals surface area contributed by atoms with E-state index in [1.807, 2.05) is 0 Å². The van der Waals surface area contributed by atoms with Gasteiger partial charge in [0.1, 0.15) is 37.1 Å². The maximum atomic E-state index is 11.8. The van der Waals surface area contributed by atoms with Crippen LogP contribution >= 0.6 is 0 Å². The second kappa shape index (κ2) is 15.5. The first kappa shape index (κ1) is 27.7. The Balaban J connectivity index is 2.33. The van der Waals surface area contributed by atoms with Crippen LogP contribution in [0.2, 0.25) is 0 Å². The average molecular weight is 450 g/mol. The number of nitrogens with one attached hydrogen (secondary N) is 1. The Morgan fingerprint density at radius 1 is 1.03 bits per heavy atom. The first-order chi connectivity index (χ1) is 14.8. The van der Waals surface area contributed by atoms with Crippen LogP contribution < -0.4 is 5.32 Å². The first-order valence-electron chi connectivity index (χ1n) is 11.1. The Labute approximate surface area is 183 Å². The van der Waals surface area contributed by atoms with Gasteiger partial charge in [-0.05, 0) is 6.42 Å². The Morgan fingerprint density at radius 2 is 1.68 bits per heavy atom. The molecule has 1 aliphatic rings. The molecule has 6 atom stereocenters. The molecule has 1 heterocycles. The highest BCUT2D eigenvalue weighted by molar-refractivity contribution is 5.73. The zero-order chi connectivity index (χ0) is 23.2. The van der Waals surface area contributed by atoms with Crippen LogP contribution in [0.4, 0.5) is 0 Å². The molecule has 1 amide bonds. The van der Waals surface area contributed by atoms with E-state index in [0.717, 1.165) is 19.3 Å². The molecule has 0 aliphatic carbocycles. The van der Waals surface area contributed by atoms with Crippen LogP contribution in [0.15, 0.2) is 0 Å². The van der Waals surface area contributed by atoms with Crippen LogP contribution in [0, 0.1) is 0 Å². The van der Waals surface area contributed by atoms with Crippen molar-refractivity contribution in [1.29, 1.82) is 0 Å². The second-order valence-electron chi connectivity index (χ2n) is 7.97. The topological polar surface area (TPSA) is 155 Å². The van der Waals surface area contributed by atoms with E-state index in [1.54, 1.807) is 0 Å². The molecule has 1 aliphatic heterocycles. The Bertz CT molecular complexity index is 519. The van der Waals surface area contributed by atoms with E-state index < -0.39 is 55.2 Å². The number of carbonyl (C=O) groups is 2. The number of aliphatic hydroxyl groups excluding tert-OH is 4. The summed E-state index contributed by atoms with van der Waals surface area (Å²) in [6.07, 6.45) is 1.61. The van der Waals surface area contributed by atoms with Crippen LogP contribution in [0.1, 0.15) is 65.2 Å². The van der Waals surface area contributed by atoms with Gasteiger partial charge in [-0.25, -0.2) is 0 Å². The lowest BCUT2D eigenvalue weighted by molar-refractivity contribution is -0.275. The van der Waals surface area contributed by atoms with E-state index in [4.69, 9.17) is 14.2 Å². The molecule has 10 nitrogen and oxygen atoms in total. The van der Waals surface area contributed by atoms with Gasteiger partial charge in [0, 0.05) is 13.3 Å². The minimum atomic E-state index is -1.43. The molecule has 0 aromatic heterocycles. The van der Waals surface area contributed by atoms with Gasteiger partial charge in [-0.2, -0.15) is 0 Å². The van der Waals surface area contributed by atoms with Crippen molar-refractivity contribution in [1.82, 2.24) is 5.32 Å². The maximum absolute atomic E-state index is 11.8. The van der Waals surface area contributed by atoms with Gasteiger partial charge in [-0.3, -0.25) is 9.59 Å². The smallest absolute Gasteiger partial charge is 0.305 e. The SMILES string of the molecule is CCCCCCCCCC(=O)OCC(O)CO[C@@H]1OC(CO)[C@@H](O)[C@H](O)[C@@H]1NC(C)=O. The van der Waals surface area contributed by atoms with Gasteiger partial charge < -0.3 is 40.0 Å². The lowest BCUT2D eigenvalue weighted by atomic mass is 9.97. The van der Waals surface area contributed by atoms with E-state index in [-0.39, 0.29) is 13.2 Å². The summed E-state index contributed by atoms with van der Waals surface area (Å²) in [7, 11) is 0. The Hall–Kier alpha value is -1.30.